The minimum absolute atomic E-state index is 0.195. The summed E-state index contributed by atoms with van der Waals surface area (Å²) in [7, 11) is 0. The Labute approximate surface area is 68.0 Å². The highest BCUT2D eigenvalue weighted by Crippen LogP contribution is 2.21. The van der Waals surface area contributed by atoms with Gasteiger partial charge in [0.05, 0.1) is 11.3 Å². The zero-order chi connectivity index (χ0) is 8.55. The van der Waals surface area contributed by atoms with E-state index in [9.17, 15) is 9.59 Å². The lowest BCUT2D eigenvalue weighted by molar-refractivity contribution is -0.115. The maximum atomic E-state index is 11.1. The molecule has 0 spiro atoms. The molecule has 0 atom stereocenters. The van der Waals surface area contributed by atoms with E-state index in [1.54, 1.807) is 12.2 Å². The van der Waals surface area contributed by atoms with E-state index >= 15 is 0 Å². The van der Waals surface area contributed by atoms with Crippen molar-refractivity contribution in [2.24, 2.45) is 10.2 Å². The Kier molecular flexibility index (Phi) is 1.33. The second-order valence-electron chi connectivity index (χ2n) is 2.37. The fourth-order valence-corrected chi connectivity index (χ4v) is 1.02. The van der Waals surface area contributed by atoms with Gasteiger partial charge in [-0.25, -0.2) is 0 Å². The molecule has 58 valence electrons. The Morgan fingerprint density at radius 3 is 2.83 bits per heavy atom. The molecule has 0 N–H and O–H groups in total. The molecule has 0 saturated carbocycles. The number of allylic oxidation sites excluding steroid dienone is 4. The van der Waals surface area contributed by atoms with Crippen molar-refractivity contribution >= 4 is 11.7 Å². The van der Waals surface area contributed by atoms with Gasteiger partial charge in [0, 0.05) is 6.08 Å². The van der Waals surface area contributed by atoms with Crippen LogP contribution in [0.2, 0.25) is 0 Å². The third-order valence-corrected chi connectivity index (χ3v) is 1.57. The molecule has 12 heavy (non-hydrogen) atoms. The predicted molar refractivity (Wildman–Crippen MR) is 40.2 cm³/mol. The summed E-state index contributed by atoms with van der Waals surface area (Å²) in [4.78, 5) is 21.8. The Bertz CT molecular complexity index is 386. The third-order valence-electron chi connectivity index (χ3n) is 1.57. The summed E-state index contributed by atoms with van der Waals surface area (Å²) in [6.07, 6.45) is 5.82. The number of azo groups is 1. The highest BCUT2D eigenvalue weighted by molar-refractivity contribution is 6.12. The van der Waals surface area contributed by atoms with Gasteiger partial charge in [-0.05, 0) is 12.2 Å². The molecule has 0 saturated heterocycles. The Morgan fingerprint density at radius 1 is 1.17 bits per heavy atom. The molecule has 0 unspecified atom stereocenters. The molecule has 1 aliphatic carbocycles. The minimum atomic E-state index is -0.481. The Morgan fingerprint density at radius 2 is 2.00 bits per heavy atom. The van der Waals surface area contributed by atoms with E-state index in [0.717, 1.165) is 0 Å². The van der Waals surface area contributed by atoms with Gasteiger partial charge in [-0.15, -0.1) is 10.2 Å². The number of ketones is 1. The fourth-order valence-electron chi connectivity index (χ4n) is 1.02. The van der Waals surface area contributed by atoms with Crippen LogP contribution in [-0.4, -0.2) is 11.7 Å². The van der Waals surface area contributed by atoms with Crippen LogP contribution >= 0.6 is 0 Å². The second kappa shape index (κ2) is 2.34. The van der Waals surface area contributed by atoms with Gasteiger partial charge in [-0.1, -0.05) is 6.08 Å². The molecule has 0 radical (unpaired) electrons. The van der Waals surface area contributed by atoms with Crippen LogP contribution in [0.5, 0.6) is 0 Å². The molecule has 4 nitrogen and oxygen atoms in total. The molecular formula is C8H4N2O2. The molecule has 0 aromatic heterocycles. The zero-order valence-corrected chi connectivity index (χ0v) is 6.02. The molecule has 2 aliphatic rings. The molecule has 0 aromatic rings. The number of hydrogen-bond donors (Lipinski definition) is 0. The van der Waals surface area contributed by atoms with Crippen molar-refractivity contribution < 1.29 is 9.59 Å². The summed E-state index contributed by atoms with van der Waals surface area (Å²) >= 11 is 0. The van der Waals surface area contributed by atoms with Crippen LogP contribution in [0.4, 0.5) is 0 Å². The molecule has 0 aromatic carbocycles. The van der Waals surface area contributed by atoms with Crippen LogP contribution in [0.1, 0.15) is 0 Å². The normalized spacial score (nSPS) is 20.3. The van der Waals surface area contributed by atoms with Crippen LogP contribution in [0.15, 0.2) is 45.8 Å². The number of amides is 1. The van der Waals surface area contributed by atoms with Crippen LogP contribution < -0.4 is 0 Å². The van der Waals surface area contributed by atoms with Gasteiger partial charge in [0.15, 0.2) is 5.78 Å². The number of nitrogens with zero attached hydrogens (tertiary/aromatic N) is 2. The Hall–Kier alpha value is -1.84. The number of fused-ring (bicyclic) bond motifs is 1. The van der Waals surface area contributed by atoms with Gasteiger partial charge < -0.3 is 0 Å². The van der Waals surface area contributed by atoms with E-state index in [0.29, 0.717) is 11.3 Å². The lowest BCUT2D eigenvalue weighted by atomic mass is 10.0. The van der Waals surface area contributed by atoms with Crippen LogP contribution in [-0.2, 0) is 9.59 Å². The van der Waals surface area contributed by atoms with Gasteiger partial charge in [0.25, 0.3) is 5.91 Å². The van der Waals surface area contributed by atoms with Crippen molar-refractivity contribution in [2.75, 3.05) is 0 Å². The summed E-state index contributed by atoms with van der Waals surface area (Å²) in [5, 5.41) is 6.88. The van der Waals surface area contributed by atoms with Gasteiger partial charge >= 0.3 is 0 Å². The van der Waals surface area contributed by atoms with E-state index in [1.165, 1.54) is 12.2 Å². The first-order valence-electron chi connectivity index (χ1n) is 3.38. The van der Waals surface area contributed by atoms with Crippen LogP contribution in [0.3, 0.4) is 0 Å². The average Bonchev–Trinajstić information content (AvgIpc) is 2.07. The van der Waals surface area contributed by atoms with E-state index in [2.05, 4.69) is 10.2 Å². The third kappa shape index (κ3) is 0.934. The number of carbonyl (C=O) groups is 2. The van der Waals surface area contributed by atoms with Crippen molar-refractivity contribution in [3.63, 3.8) is 0 Å². The summed E-state index contributed by atoms with van der Waals surface area (Å²) in [5.74, 6) is -0.676. The number of carbonyl (C=O) groups excluding carboxylic acids is 2. The van der Waals surface area contributed by atoms with E-state index in [4.69, 9.17) is 0 Å². The van der Waals surface area contributed by atoms with Crippen molar-refractivity contribution in [2.45, 2.75) is 0 Å². The Balaban J connectivity index is 2.53. The molecular weight excluding hydrogens is 156 g/mol. The van der Waals surface area contributed by atoms with Gasteiger partial charge in [0.2, 0.25) is 0 Å². The fraction of sp³-hybridized carbons (Fsp3) is 0. The quantitative estimate of drug-likeness (QED) is 0.529. The van der Waals surface area contributed by atoms with Crippen molar-refractivity contribution in [1.82, 2.24) is 0 Å². The molecule has 2 rings (SSSR count). The molecule has 1 aliphatic heterocycles. The maximum Gasteiger partial charge on any atom is 0.289 e. The molecule has 1 heterocycles. The minimum Gasteiger partial charge on any atom is -0.289 e. The van der Waals surface area contributed by atoms with Gasteiger partial charge in [-0.2, -0.15) is 0 Å². The van der Waals surface area contributed by atoms with E-state index in [1.807, 2.05) is 0 Å². The molecule has 1 amide bonds. The lowest BCUT2D eigenvalue weighted by Crippen LogP contribution is -2.09. The van der Waals surface area contributed by atoms with Gasteiger partial charge in [0.1, 0.15) is 0 Å². The topological polar surface area (TPSA) is 58.9 Å². The molecule has 4 heteroatoms. The highest BCUT2D eigenvalue weighted by Gasteiger charge is 2.19. The standard InChI is InChI=1S/C8H4N2O2/c11-7-3-1-2-6-5(7)4-8(12)10-9-6/h1-4H. The summed E-state index contributed by atoms with van der Waals surface area (Å²) in [6, 6.07) is 0. The van der Waals surface area contributed by atoms with Crippen molar-refractivity contribution in [1.29, 1.82) is 0 Å². The average molecular weight is 160 g/mol. The van der Waals surface area contributed by atoms with E-state index < -0.39 is 5.91 Å². The molecule has 0 fully saturated rings. The SMILES string of the molecule is O=C1C=C2C(=O)C=CC=C2N=N1. The first kappa shape index (κ1) is 6.84. The van der Waals surface area contributed by atoms with Crippen molar-refractivity contribution in [3.05, 3.63) is 35.6 Å². The maximum absolute atomic E-state index is 11.1. The zero-order valence-electron chi connectivity index (χ0n) is 6.02. The largest absolute Gasteiger partial charge is 0.289 e. The van der Waals surface area contributed by atoms with Gasteiger partial charge in [-0.3, -0.25) is 9.59 Å². The first-order valence-corrected chi connectivity index (χ1v) is 3.38. The van der Waals surface area contributed by atoms with Crippen LogP contribution in [0.25, 0.3) is 0 Å². The second-order valence-corrected chi connectivity index (χ2v) is 2.37. The predicted octanol–water partition coefficient (Wildman–Crippen LogP) is 0.928. The first-order chi connectivity index (χ1) is 5.77. The lowest BCUT2D eigenvalue weighted by Gasteiger charge is -2.08. The molecule has 0 bridgehead atoms. The monoisotopic (exact) mass is 160 g/mol. The van der Waals surface area contributed by atoms with Crippen molar-refractivity contribution in [3.8, 4) is 0 Å². The summed E-state index contributed by atoms with van der Waals surface area (Å²) < 4.78 is 0. The summed E-state index contributed by atoms with van der Waals surface area (Å²) in [6.45, 7) is 0. The van der Waals surface area contributed by atoms with Crippen LogP contribution in [0, 0.1) is 0 Å². The number of rotatable bonds is 0. The summed E-state index contributed by atoms with van der Waals surface area (Å²) in [5.41, 5.74) is 0.791. The highest BCUT2D eigenvalue weighted by atomic mass is 16.2. The smallest absolute Gasteiger partial charge is 0.289 e. The number of hydrogen-bond acceptors (Lipinski definition) is 3. The van der Waals surface area contributed by atoms with E-state index in [-0.39, 0.29) is 5.78 Å².